The molecule has 2 N–H and O–H groups in total. The first-order valence-corrected chi connectivity index (χ1v) is 7.23. The fourth-order valence-electron chi connectivity index (χ4n) is 3.14. The molecule has 1 aliphatic carbocycles. The average Bonchev–Trinajstić information content (AvgIpc) is 2.94. The van der Waals surface area contributed by atoms with E-state index in [0.29, 0.717) is 5.56 Å². The Morgan fingerprint density at radius 1 is 1.19 bits per heavy atom. The minimum atomic E-state index is -0.541. The van der Waals surface area contributed by atoms with Crippen molar-refractivity contribution < 1.29 is 5.11 Å². The van der Waals surface area contributed by atoms with Gasteiger partial charge in [-0.2, -0.15) is 0 Å². The van der Waals surface area contributed by atoms with Gasteiger partial charge in [-0.05, 0) is 30.9 Å². The zero-order valence-corrected chi connectivity index (χ0v) is 11.9. The van der Waals surface area contributed by atoms with E-state index in [4.69, 9.17) is 0 Å². The lowest BCUT2D eigenvalue weighted by Gasteiger charge is -2.17. The third-order valence-electron chi connectivity index (χ3n) is 4.22. The molecule has 110 valence electrons. The van der Waals surface area contributed by atoms with Crippen molar-refractivity contribution in [2.24, 2.45) is 0 Å². The Kier molecular flexibility index (Phi) is 3.41. The number of nitrogens with zero attached hydrogens (tertiary/aromatic N) is 1. The molecule has 0 saturated heterocycles. The summed E-state index contributed by atoms with van der Waals surface area (Å²) in [5, 5.41) is 10.5. The summed E-state index contributed by atoms with van der Waals surface area (Å²) in [5.74, 6) is -0.218. The molecule has 0 aliphatic heterocycles. The summed E-state index contributed by atoms with van der Waals surface area (Å²) in [6, 6.07) is 7.31. The lowest BCUT2D eigenvalue weighted by atomic mass is 10.0. The van der Waals surface area contributed by atoms with E-state index in [1.165, 1.54) is 4.57 Å². The van der Waals surface area contributed by atoms with Gasteiger partial charge in [-0.3, -0.25) is 14.3 Å². The number of nitrogens with one attached hydrogen (secondary N) is 1. The molecule has 1 saturated carbocycles. The zero-order chi connectivity index (χ0) is 15.0. The van der Waals surface area contributed by atoms with Crippen LogP contribution in [0, 0.1) is 6.92 Å². The van der Waals surface area contributed by atoms with E-state index in [1.807, 2.05) is 25.1 Å². The van der Waals surface area contributed by atoms with Crippen molar-refractivity contribution in [3.05, 3.63) is 50.7 Å². The summed E-state index contributed by atoms with van der Waals surface area (Å²) in [5.41, 5.74) is 0.653. The van der Waals surface area contributed by atoms with Crippen molar-refractivity contribution in [2.45, 2.75) is 38.6 Å². The van der Waals surface area contributed by atoms with E-state index in [-0.39, 0.29) is 17.5 Å². The molecule has 1 heterocycles. The van der Waals surface area contributed by atoms with Gasteiger partial charge in [0.25, 0.3) is 5.56 Å². The summed E-state index contributed by atoms with van der Waals surface area (Å²) in [7, 11) is 0. The number of rotatable bonds is 2. The van der Waals surface area contributed by atoms with Gasteiger partial charge < -0.3 is 5.11 Å². The molecule has 21 heavy (non-hydrogen) atoms. The number of aromatic hydroxyl groups is 1. The van der Waals surface area contributed by atoms with Crippen LogP contribution >= 0.6 is 0 Å². The zero-order valence-electron chi connectivity index (χ0n) is 11.9. The van der Waals surface area contributed by atoms with E-state index in [0.717, 1.165) is 31.2 Å². The number of benzene rings is 1. The normalized spacial score (nSPS) is 15.5. The first kappa shape index (κ1) is 13.7. The number of aromatic nitrogens is 2. The molecule has 1 aliphatic rings. The van der Waals surface area contributed by atoms with E-state index in [9.17, 15) is 14.7 Å². The second-order valence-corrected chi connectivity index (χ2v) is 5.58. The predicted octanol–water partition coefficient (Wildman–Crippen LogP) is 2.33. The van der Waals surface area contributed by atoms with Gasteiger partial charge in [-0.15, -0.1) is 0 Å². The van der Waals surface area contributed by atoms with Crippen LogP contribution in [-0.4, -0.2) is 14.7 Å². The highest BCUT2D eigenvalue weighted by atomic mass is 16.3. The Bertz CT molecular complexity index is 783. The summed E-state index contributed by atoms with van der Waals surface area (Å²) >= 11 is 0. The summed E-state index contributed by atoms with van der Waals surface area (Å²) in [6.45, 7) is 1.87. The fraction of sp³-hybridized carbons (Fsp3) is 0.375. The smallest absolute Gasteiger partial charge is 0.331 e. The molecular formula is C16H18N2O3. The molecule has 1 aromatic heterocycles. The van der Waals surface area contributed by atoms with Crippen LogP contribution in [0.3, 0.4) is 0 Å². The number of H-pyrrole nitrogens is 1. The highest BCUT2D eigenvalue weighted by molar-refractivity contribution is 5.70. The van der Waals surface area contributed by atoms with Crippen LogP contribution in [0.4, 0.5) is 0 Å². The van der Waals surface area contributed by atoms with Crippen LogP contribution in [0.15, 0.2) is 33.9 Å². The van der Waals surface area contributed by atoms with Gasteiger partial charge >= 0.3 is 5.69 Å². The first-order chi connectivity index (χ1) is 10.1. The highest BCUT2D eigenvalue weighted by Crippen LogP contribution is 2.34. The van der Waals surface area contributed by atoms with Crippen LogP contribution in [-0.2, 0) is 0 Å². The standard InChI is InChI=1S/C16H18N2O3/c1-10-6-2-5-9-12(10)13-14(19)17-16(21)18(15(13)20)11-7-3-4-8-11/h2,5-6,9,11,20H,3-4,7-8H2,1H3,(H,17,19,21). The maximum atomic E-state index is 12.2. The van der Waals surface area contributed by atoms with Crippen LogP contribution in [0.5, 0.6) is 5.88 Å². The van der Waals surface area contributed by atoms with Crippen LogP contribution < -0.4 is 11.2 Å². The third-order valence-corrected chi connectivity index (χ3v) is 4.22. The molecule has 1 fully saturated rings. The van der Waals surface area contributed by atoms with Gasteiger partial charge in [0.1, 0.15) is 5.56 Å². The van der Waals surface area contributed by atoms with Crippen LogP contribution in [0.25, 0.3) is 11.1 Å². The fourth-order valence-corrected chi connectivity index (χ4v) is 3.14. The Morgan fingerprint density at radius 2 is 1.86 bits per heavy atom. The number of hydrogen-bond acceptors (Lipinski definition) is 3. The van der Waals surface area contributed by atoms with Gasteiger partial charge in [-0.25, -0.2) is 4.79 Å². The Morgan fingerprint density at radius 3 is 2.52 bits per heavy atom. The molecule has 0 spiro atoms. The van der Waals surface area contributed by atoms with Crippen molar-refractivity contribution in [1.82, 2.24) is 9.55 Å². The van der Waals surface area contributed by atoms with E-state index < -0.39 is 11.2 Å². The minimum Gasteiger partial charge on any atom is -0.494 e. The van der Waals surface area contributed by atoms with Gasteiger partial charge in [0.05, 0.1) is 0 Å². The van der Waals surface area contributed by atoms with Crippen LogP contribution in [0.2, 0.25) is 0 Å². The summed E-state index contributed by atoms with van der Waals surface area (Å²) in [4.78, 5) is 26.6. The molecule has 0 unspecified atom stereocenters. The molecule has 2 aromatic rings. The summed E-state index contributed by atoms with van der Waals surface area (Å²) < 4.78 is 1.34. The molecular weight excluding hydrogens is 268 g/mol. The second-order valence-electron chi connectivity index (χ2n) is 5.58. The van der Waals surface area contributed by atoms with Gasteiger partial charge in [0.2, 0.25) is 5.88 Å². The van der Waals surface area contributed by atoms with Crippen molar-refractivity contribution in [3.8, 4) is 17.0 Å². The molecule has 0 bridgehead atoms. The quantitative estimate of drug-likeness (QED) is 0.889. The third kappa shape index (κ3) is 2.28. The Labute approximate surface area is 121 Å². The van der Waals surface area contributed by atoms with Crippen molar-refractivity contribution in [2.75, 3.05) is 0 Å². The SMILES string of the molecule is Cc1ccccc1-c1c(O)n(C2CCCC2)c(=O)[nH]c1=O. The minimum absolute atomic E-state index is 0.0304. The Hall–Kier alpha value is -2.30. The molecule has 1 aromatic carbocycles. The monoisotopic (exact) mass is 286 g/mol. The topological polar surface area (TPSA) is 75.1 Å². The van der Waals surface area contributed by atoms with Crippen molar-refractivity contribution >= 4 is 0 Å². The highest BCUT2D eigenvalue weighted by Gasteiger charge is 2.24. The maximum absolute atomic E-state index is 12.2. The molecule has 0 atom stereocenters. The van der Waals surface area contributed by atoms with E-state index in [1.54, 1.807) is 6.07 Å². The molecule has 5 heteroatoms. The Balaban J connectivity index is 2.27. The van der Waals surface area contributed by atoms with Crippen molar-refractivity contribution in [1.29, 1.82) is 0 Å². The maximum Gasteiger partial charge on any atom is 0.331 e. The molecule has 0 amide bonds. The lowest BCUT2D eigenvalue weighted by Crippen LogP contribution is -2.32. The molecule has 0 radical (unpaired) electrons. The van der Waals surface area contributed by atoms with E-state index >= 15 is 0 Å². The van der Waals surface area contributed by atoms with E-state index in [2.05, 4.69) is 4.98 Å². The lowest BCUT2D eigenvalue weighted by molar-refractivity contribution is 0.365. The summed E-state index contributed by atoms with van der Waals surface area (Å²) in [6.07, 6.45) is 3.78. The number of aromatic amines is 1. The van der Waals surface area contributed by atoms with Gasteiger partial charge in [0.15, 0.2) is 0 Å². The van der Waals surface area contributed by atoms with Gasteiger partial charge in [0, 0.05) is 6.04 Å². The number of aryl methyl sites for hydroxylation is 1. The van der Waals surface area contributed by atoms with Crippen molar-refractivity contribution in [3.63, 3.8) is 0 Å². The van der Waals surface area contributed by atoms with Gasteiger partial charge in [-0.1, -0.05) is 37.1 Å². The second kappa shape index (κ2) is 5.24. The molecule has 5 nitrogen and oxygen atoms in total. The largest absolute Gasteiger partial charge is 0.494 e. The van der Waals surface area contributed by atoms with Crippen LogP contribution in [0.1, 0.15) is 37.3 Å². The first-order valence-electron chi connectivity index (χ1n) is 7.23. The average molecular weight is 286 g/mol. The predicted molar refractivity (Wildman–Crippen MR) is 80.7 cm³/mol. The number of hydrogen-bond donors (Lipinski definition) is 2. The molecule has 3 rings (SSSR count).